The van der Waals surface area contributed by atoms with Gasteiger partial charge >= 0.3 is 0 Å². The van der Waals surface area contributed by atoms with Crippen molar-refractivity contribution >= 4 is 28.3 Å². The molecule has 140 valence electrons. The van der Waals surface area contributed by atoms with Crippen LogP contribution in [0.25, 0.3) is 10.9 Å². The van der Waals surface area contributed by atoms with E-state index >= 15 is 0 Å². The number of hydrogen-bond donors (Lipinski definition) is 3. The van der Waals surface area contributed by atoms with E-state index in [0.29, 0.717) is 16.7 Å². The molecule has 4 rings (SSSR count). The zero-order valence-electron chi connectivity index (χ0n) is 14.9. The molecule has 1 saturated carbocycles. The average Bonchev–Trinajstić information content (AvgIpc) is 3.05. The number of hydrogen-bond acceptors (Lipinski definition) is 4. The third-order valence-corrected chi connectivity index (χ3v) is 5.11. The molecule has 0 bridgehead atoms. The number of rotatable bonds is 4. The molecule has 0 spiro atoms. The lowest BCUT2D eigenvalue weighted by molar-refractivity contribution is 0.0729. The number of H-pyrrole nitrogens is 1. The van der Waals surface area contributed by atoms with Crippen LogP contribution >= 0.6 is 0 Å². The van der Waals surface area contributed by atoms with Crippen molar-refractivity contribution in [3.63, 3.8) is 0 Å². The lowest BCUT2D eigenvalue weighted by Gasteiger charge is -2.44. The van der Waals surface area contributed by atoms with Crippen LogP contribution in [-0.4, -0.2) is 27.1 Å². The van der Waals surface area contributed by atoms with E-state index in [-0.39, 0.29) is 28.7 Å². The van der Waals surface area contributed by atoms with E-state index < -0.39 is 11.6 Å². The summed E-state index contributed by atoms with van der Waals surface area (Å²) >= 11 is 0. The van der Waals surface area contributed by atoms with Crippen LogP contribution in [0.3, 0.4) is 0 Å². The molecule has 0 saturated heterocycles. The number of fused-ring (bicyclic) bond motifs is 1. The average molecular weight is 371 g/mol. The summed E-state index contributed by atoms with van der Waals surface area (Å²) in [6, 6.07) is 4.84. The normalized spacial score (nSPS) is 18.1. The molecule has 0 aliphatic heterocycles. The maximum absolute atomic E-state index is 13.4. The molecule has 2 aromatic heterocycles. The number of nitrogens with one attached hydrogen (secondary N) is 3. The van der Waals surface area contributed by atoms with Crippen LogP contribution in [0, 0.1) is 17.0 Å². The Morgan fingerprint density at radius 3 is 2.59 bits per heavy atom. The first-order valence-electron chi connectivity index (χ1n) is 8.70. The highest BCUT2D eigenvalue weighted by atomic mass is 19.1. The molecule has 1 aliphatic rings. The molecule has 3 aromatic rings. The van der Waals surface area contributed by atoms with Crippen LogP contribution < -0.4 is 10.6 Å². The van der Waals surface area contributed by atoms with Crippen molar-refractivity contribution in [3.05, 3.63) is 47.8 Å². The predicted molar refractivity (Wildman–Crippen MR) is 97.8 cm³/mol. The smallest absolute Gasteiger partial charge is 0.272 e. The topological polar surface area (TPSA) is 82.7 Å². The molecule has 0 radical (unpaired) electrons. The van der Waals surface area contributed by atoms with Crippen LogP contribution in [0.15, 0.2) is 30.5 Å². The fourth-order valence-electron chi connectivity index (χ4n) is 3.31. The third kappa shape index (κ3) is 3.34. The van der Waals surface area contributed by atoms with Gasteiger partial charge in [0.1, 0.15) is 17.5 Å². The Kier molecular flexibility index (Phi) is 4.05. The molecule has 1 amide bonds. The summed E-state index contributed by atoms with van der Waals surface area (Å²) in [6.45, 7) is 4.22. The Labute approximate surface area is 154 Å². The van der Waals surface area contributed by atoms with Crippen molar-refractivity contribution in [3.8, 4) is 0 Å². The van der Waals surface area contributed by atoms with E-state index in [2.05, 4.69) is 39.7 Å². The van der Waals surface area contributed by atoms with Gasteiger partial charge < -0.3 is 10.6 Å². The van der Waals surface area contributed by atoms with Crippen LogP contribution in [0.1, 0.15) is 37.2 Å². The van der Waals surface area contributed by atoms with Crippen molar-refractivity contribution in [2.24, 2.45) is 5.41 Å². The summed E-state index contributed by atoms with van der Waals surface area (Å²) in [5.41, 5.74) is 0.958. The van der Waals surface area contributed by atoms with E-state index in [1.54, 1.807) is 12.3 Å². The Balaban J connectivity index is 1.66. The second-order valence-corrected chi connectivity index (χ2v) is 7.53. The number of carbonyl (C=O) groups is 1. The van der Waals surface area contributed by atoms with Gasteiger partial charge in [0.15, 0.2) is 5.69 Å². The first-order valence-corrected chi connectivity index (χ1v) is 8.70. The van der Waals surface area contributed by atoms with Gasteiger partial charge in [0.25, 0.3) is 5.91 Å². The number of halogens is 2. The van der Waals surface area contributed by atoms with Crippen molar-refractivity contribution in [1.82, 2.24) is 20.5 Å². The van der Waals surface area contributed by atoms with Gasteiger partial charge in [-0.3, -0.25) is 9.89 Å². The van der Waals surface area contributed by atoms with Crippen molar-refractivity contribution in [2.45, 2.75) is 32.7 Å². The fourth-order valence-corrected chi connectivity index (χ4v) is 3.31. The zero-order chi connectivity index (χ0) is 19.2. The number of benzene rings is 1. The minimum absolute atomic E-state index is 0.0533. The number of pyridine rings is 1. The van der Waals surface area contributed by atoms with Crippen LogP contribution in [0.5, 0.6) is 0 Å². The Morgan fingerprint density at radius 1 is 1.22 bits per heavy atom. The second-order valence-electron chi connectivity index (χ2n) is 7.53. The van der Waals surface area contributed by atoms with Crippen LogP contribution in [0.2, 0.25) is 0 Å². The number of aromatic amines is 1. The van der Waals surface area contributed by atoms with Gasteiger partial charge in [-0.1, -0.05) is 13.8 Å². The van der Waals surface area contributed by atoms with E-state index in [1.807, 2.05) is 0 Å². The molecular formula is C19H19F2N5O. The van der Waals surface area contributed by atoms with Gasteiger partial charge in [-0.15, -0.1) is 0 Å². The van der Waals surface area contributed by atoms with Gasteiger partial charge in [-0.05, 0) is 36.5 Å². The van der Waals surface area contributed by atoms with Crippen molar-refractivity contribution in [1.29, 1.82) is 0 Å². The van der Waals surface area contributed by atoms with Gasteiger partial charge in [-0.25, -0.2) is 13.8 Å². The van der Waals surface area contributed by atoms with Gasteiger partial charge in [0, 0.05) is 23.2 Å². The molecule has 1 unspecified atom stereocenters. The Bertz CT molecular complexity index is 1010. The minimum atomic E-state index is -0.702. The Hall–Kier alpha value is -3.03. The van der Waals surface area contributed by atoms with Gasteiger partial charge in [0.05, 0.1) is 11.7 Å². The Morgan fingerprint density at radius 2 is 1.96 bits per heavy atom. The zero-order valence-corrected chi connectivity index (χ0v) is 14.9. The largest absolute Gasteiger partial charge is 0.347 e. The monoisotopic (exact) mass is 371 g/mol. The number of carbonyl (C=O) groups excluding carboxylic acids is 1. The summed E-state index contributed by atoms with van der Waals surface area (Å²) < 4.78 is 26.8. The summed E-state index contributed by atoms with van der Waals surface area (Å²) in [4.78, 5) is 17.1. The van der Waals surface area contributed by atoms with E-state index in [9.17, 15) is 13.6 Å². The summed E-state index contributed by atoms with van der Waals surface area (Å²) in [7, 11) is 0. The van der Waals surface area contributed by atoms with Crippen LogP contribution in [-0.2, 0) is 0 Å². The van der Waals surface area contributed by atoms with Gasteiger partial charge in [-0.2, -0.15) is 5.10 Å². The first kappa shape index (κ1) is 17.4. The quantitative estimate of drug-likeness (QED) is 0.650. The minimum Gasteiger partial charge on any atom is -0.347 e. The molecule has 3 N–H and O–H groups in total. The molecule has 6 nitrogen and oxygen atoms in total. The lowest BCUT2D eigenvalue weighted by atomic mass is 9.67. The molecule has 1 fully saturated rings. The number of nitrogens with zero attached hydrogens (tertiary/aromatic N) is 2. The maximum atomic E-state index is 13.4. The molecule has 1 aromatic carbocycles. The highest BCUT2D eigenvalue weighted by Gasteiger charge is 2.39. The molecule has 1 aliphatic carbocycles. The summed E-state index contributed by atoms with van der Waals surface area (Å²) in [6.07, 6.45) is 3.54. The van der Waals surface area contributed by atoms with Crippen molar-refractivity contribution < 1.29 is 13.6 Å². The molecular weight excluding hydrogens is 352 g/mol. The predicted octanol–water partition coefficient (Wildman–Crippen LogP) is 3.90. The number of anilines is 2. The van der Waals surface area contributed by atoms with Crippen LogP contribution in [0.4, 0.5) is 20.3 Å². The summed E-state index contributed by atoms with van der Waals surface area (Å²) in [5.74, 6) is -1.41. The molecule has 1 atom stereocenters. The maximum Gasteiger partial charge on any atom is 0.272 e. The molecule has 2 heterocycles. The molecule has 27 heavy (non-hydrogen) atoms. The number of aromatic nitrogens is 3. The third-order valence-electron chi connectivity index (χ3n) is 5.11. The summed E-state index contributed by atoms with van der Waals surface area (Å²) in [5, 5.41) is 13.3. The van der Waals surface area contributed by atoms with E-state index in [4.69, 9.17) is 0 Å². The molecule has 8 heteroatoms. The van der Waals surface area contributed by atoms with E-state index in [0.717, 1.165) is 31.0 Å². The fraction of sp³-hybridized carbons (Fsp3) is 0.316. The lowest BCUT2D eigenvalue weighted by Crippen LogP contribution is -2.52. The van der Waals surface area contributed by atoms with Gasteiger partial charge in [0.2, 0.25) is 0 Å². The standard InChI is InChI=1S/C19H19F2N5O/c1-19(2)4-3-14(19)24-18(27)17-16-10(9-22-26-16)5-15(25-17)23-13-7-11(20)6-12(21)8-13/h5-9,14H,3-4H2,1-2H3,(H,22,26)(H,23,25)(H,24,27). The van der Waals surface area contributed by atoms with E-state index in [1.165, 1.54) is 0 Å². The highest BCUT2D eigenvalue weighted by molar-refractivity contribution is 6.04. The SMILES string of the molecule is CC1(C)CCC1NC(=O)c1nc(Nc2cc(F)cc(F)c2)cc2cn[nH]c12. The number of amides is 1. The highest BCUT2D eigenvalue weighted by Crippen LogP contribution is 2.40. The van der Waals surface area contributed by atoms with Crippen molar-refractivity contribution in [2.75, 3.05) is 5.32 Å². The second kappa shape index (κ2) is 6.29. The first-order chi connectivity index (χ1) is 12.8.